The lowest BCUT2D eigenvalue weighted by Crippen LogP contribution is -2.74. The molecule has 0 heterocycles. The molecule has 0 amide bonds. The van der Waals surface area contributed by atoms with Crippen LogP contribution in [0.3, 0.4) is 0 Å². The van der Waals surface area contributed by atoms with Crippen LogP contribution in [0.25, 0.3) is 33.4 Å². The zero-order chi connectivity index (χ0) is 31.5. The number of hydrogen-bond acceptors (Lipinski definition) is 1. The van der Waals surface area contributed by atoms with Gasteiger partial charge in [-0.3, -0.25) is 0 Å². The fourth-order valence-electron chi connectivity index (χ4n) is 12.0. The van der Waals surface area contributed by atoms with Crippen LogP contribution in [0.5, 0.6) is 0 Å². The van der Waals surface area contributed by atoms with Gasteiger partial charge in [-0.2, -0.15) is 0 Å². The number of fused-ring (bicyclic) bond motifs is 8. The SMILES string of the molecule is c1ccc(-c2cccc(N(c3cccc(-c4ccccc4)c3)c3ccc4c(c3)-c3ccccc3C43C4CCC5CC6CC3C64C5)c2)cc1. The lowest BCUT2D eigenvalue weighted by Gasteiger charge is -2.77. The predicted molar refractivity (Wildman–Crippen MR) is 198 cm³/mol. The summed E-state index contributed by atoms with van der Waals surface area (Å²) in [7, 11) is 0. The first-order valence-corrected chi connectivity index (χ1v) is 18.1. The molecule has 0 radical (unpaired) electrons. The normalized spacial score (nSPS) is 28.2. The molecule has 0 aliphatic heterocycles. The van der Waals surface area contributed by atoms with E-state index < -0.39 is 0 Å². The van der Waals surface area contributed by atoms with Gasteiger partial charge in [-0.15, -0.1) is 0 Å². The largest absolute Gasteiger partial charge is 0.310 e. The van der Waals surface area contributed by atoms with Gasteiger partial charge in [0, 0.05) is 22.5 Å². The van der Waals surface area contributed by atoms with Gasteiger partial charge >= 0.3 is 0 Å². The zero-order valence-electron chi connectivity index (χ0n) is 27.2. The molecule has 6 aromatic carbocycles. The van der Waals surface area contributed by atoms with Crippen molar-refractivity contribution in [3.63, 3.8) is 0 Å². The van der Waals surface area contributed by atoms with Crippen molar-refractivity contribution in [2.75, 3.05) is 4.90 Å². The molecule has 5 aliphatic rings. The molecular weight excluding hydrogens is 579 g/mol. The highest BCUT2D eigenvalue weighted by atomic mass is 15.1. The van der Waals surface area contributed by atoms with Crippen molar-refractivity contribution in [2.45, 2.75) is 37.5 Å². The van der Waals surface area contributed by atoms with Crippen LogP contribution in [0.1, 0.15) is 43.2 Å². The van der Waals surface area contributed by atoms with Gasteiger partial charge < -0.3 is 4.90 Å². The minimum Gasteiger partial charge on any atom is -0.310 e. The van der Waals surface area contributed by atoms with Gasteiger partial charge in [0.05, 0.1) is 0 Å². The van der Waals surface area contributed by atoms with E-state index in [-0.39, 0.29) is 5.41 Å². The fraction of sp³-hybridized carbons (Fsp3) is 0.234. The summed E-state index contributed by atoms with van der Waals surface area (Å²) in [5, 5.41) is 0. The molecule has 4 saturated carbocycles. The molecule has 4 fully saturated rings. The fourth-order valence-corrected chi connectivity index (χ4v) is 12.0. The third-order valence-electron chi connectivity index (χ3n) is 13.6. The summed E-state index contributed by atoms with van der Waals surface area (Å²) in [5.41, 5.74) is 15.5. The second kappa shape index (κ2) is 9.83. The van der Waals surface area contributed by atoms with E-state index in [9.17, 15) is 0 Å². The number of rotatable bonds is 5. The van der Waals surface area contributed by atoms with E-state index >= 15 is 0 Å². The third-order valence-corrected chi connectivity index (χ3v) is 13.6. The van der Waals surface area contributed by atoms with Crippen LogP contribution in [0.2, 0.25) is 0 Å². The standard InChI is InChI=1S/C47H39N/c1-3-11-32(12-4-1)34-15-9-17-37(26-34)48(38-18-10-16-35(27-38)33-13-5-2-6-14-33)39-22-23-43-41(29-39)40-19-7-8-20-42(40)47(43)44-24-21-31-25-36-28-45(47)46(36,44)30-31/h1-20,22-23,26-27,29,31,36,44-45H,21,24-25,28,30H2. The maximum Gasteiger partial charge on any atom is 0.0468 e. The lowest BCUT2D eigenvalue weighted by atomic mass is 9.25. The summed E-state index contributed by atoms with van der Waals surface area (Å²) in [6.07, 6.45) is 7.31. The molecule has 11 rings (SSSR count). The van der Waals surface area contributed by atoms with Crippen molar-refractivity contribution in [2.24, 2.45) is 29.1 Å². The summed E-state index contributed by atoms with van der Waals surface area (Å²) >= 11 is 0. The second-order valence-electron chi connectivity index (χ2n) is 15.3. The quantitative estimate of drug-likeness (QED) is 0.186. The summed E-state index contributed by atoms with van der Waals surface area (Å²) in [6.45, 7) is 0. The minimum absolute atomic E-state index is 0.210. The Morgan fingerprint density at radius 3 is 1.77 bits per heavy atom. The Hall–Kier alpha value is -4.88. The van der Waals surface area contributed by atoms with Crippen LogP contribution in [0, 0.1) is 29.1 Å². The van der Waals surface area contributed by atoms with Crippen molar-refractivity contribution in [3.05, 3.63) is 163 Å². The molecular formula is C47H39N. The summed E-state index contributed by atoms with van der Waals surface area (Å²) in [6, 6.07) is 56.7. The third kappa shape index (κ3) is 3.42. The molecule has 6 atom stereocenters. The highest BCUT2D eigenvalue weighted by Crippen LogP contribution is 2.87. The van der Waals surface area contributed by atoms with E-state index in [0.29, 0.717) is 5.41 Å². The first-order valence-electron chi connectivity index (χ1n) is 18.1. The van der Waals surface area contributed by atoms with Crippen molar-refractivity contribution >= 4 is 17.1 Å². The van der Waals surface area contributed by atoms with Gasteiger partial charge in [0.15, 0.2) is 0 Å². The van der Waals surface area contributed by atoms with Crippen molar-refractivity contribution in [1.82, 2.24) is 0 Å². The zero-order valence-corrected chi connectivity index (χ0v) is 27.2. The topological polar surface area (TPSA) is 3.24 Å². The van der Waals surface area contributed by atoms with Crippen LogP contribution in [0.15, 0.2) is 152 Å². The van der Waals surface area contributed by atoms with Crippen molar-refractivity contribution in [1.29, 1.82) is 0 Å². The number of anilines is 3. The first kappa shape index (κ1) is 27.1. The molecule has 2 bridgehead atoms. The molecule has 2 spiro atoms. The van der Waals surface area contributed by atoms with Crippen LogP contribution in [0.4, 0.5) is 17.1 Å². The van der Waals surface area contributed by atoms with Gasteiger partial charge in [-0.25, -0.2) is 0 Å². The van der Waals surface area contributed by atoms with E-state index in [1.54, 1.807) is 11.1 Å². The Bertz CT molecular complexity index is 2130. The predicted octanol–water partition coefficient (Wildman–Crippen LogP) is 12.2. The molecule has 48 heavy (non-hydrogen) atoms. The highest BCUT2D eigenvalue weighted by molar-refractivity contribution is 5.89. The molecule has 5 aliphatic carbocycles. The molecule has 1 nitrogen and oxygen atoms in total. The summed E-state index contributed by atoms with van der Waals surface area (Å²) in [4.78, 5) is 2.48. The van der Waals surface area contributed by atoms with E-state index in [0.717, 1.165) is 23.7 Å². The molecule has 0 saturated heterocycles. The first-order chi connectivity index (χ1) is 23.7. The average molecular weight is 618 g/mol. The number of benzene rings is 6. The van der Waals surface area contributed by atoms with E-state index in [4.69, 9.17) is 0 Å². The Kier molecular flexibility index (Phi) is 5.55. The maximum absolute atomic E-state index is 2.56. The van der Waals surface area contributed by atoms with Crippen LogP contribution >= 0.6 is 0 Å². The second-order valence-corrected chi connectivity index (χ2v) is 15.3. The monoisotopic (exact) mass is 617 g/mol. The number of nitrogens with zero attached hydrogens (tertiary/aromatic N) is 1. The summed E-state index contributed by atoms with van der Waals surface area (Å²) < 4.78 is 0. The van der Waals surface area contributed by atoms with Crippen molar-refractivity contribution in [3.8, 4) is 33.4 Å². The van der Waals surface area contributed by atoms with Gasteiger partial charge in [0.1, 0.15) is 0 Å². The Morgan fingerprint density at radius 1 is 0.458 bits per heavy atom. The van der Waals surface area contributed by atoms with Crippen molar-refractivity contribution < 1.29 is 0 Å². The van der Waals surface area contributed by atoms with Crippen LogP contribution in [-0.2, 0) is 5.41 Å². The Morgan fingerprint density at radius 2 is 1.06 bits per heavy atom. The van der Waals surface area contributed by atoms with Gasteiger partial charge in [0.2, 0.25) is 0 Å². The van der Waals surface area contributed by atoms with E-state index in [1.165, 1.54) is 82.5 Å². The molecule has 1 heteroatoms. The maximum atomic E-state index is 2.56. The van der Waals surface area contributed by atoms with E-state index in [1.807, 2.05) is 0 Å². The molecule has 0 N–H and O–H groups in total. The molecule has 6 aromatic rings. The molecule has 6 unspecified atom stereocenters. The van der Waals surface area contributed by atoms with Crippen LogP contribution in [-0.4, -0.2) is 0 Å². The molecule has 0 aromatic heterocycles. The summed E-state index contributed by atoms with van der Waals surface area (Å²) in [5.74, 6) is 3.62. The van der Waals surface area contributed by atoms with Gasteiger partial charge in [-0.05, 0) is 136 Å². The smallest absolute Gasteiger partial charge is 0.0468 e. The molecule has 232 valence electrons. The van der Waals surface area contributed by atoms with Gasteiger partial charge in [-0.1, -0.05) is 122 Å². The average Bonchev–Trinajstić information content (AvgIpc) is 3.63. The number of hydrogen-bond donors (Lipinski definition) is 0. The minimum atomic E-state index is 0.210. The van der Waals surface area contributed by atoms with Crippen LogP contribution < -0.4 is 4.90 Å². The Labute approximate surface area is 283 Å². The lowest BCUT2D eigenvalue weighted by molar-refractivity contribution is -0.245. The Balaban J connectivity index is 1.09. The van der Waals surface area contributed by atoms with Gasteiger partial charge in [0.25, 0.3) is 0 Å². The highest BCUT2D eigenvalue weighted by Gasteiger charge is 2.82. The van der Waals surface area contributed by atoms with E-state index in [2.05, 4.69) is 157 Å².